The van der Waals surface area contributed by atoms with Gasteiger partial charge in [-0.05, 0) is 73.6 Å². The Balaban J connectivity index is 1.39. The zero-order valence-corrected chi connectivity index (χ0v) is 20.4. The number of likely N-dealkylation sites (tertiary alicyclic amines) is 1. The van der Waals surface area contributed by atoms with Crippen LogP contribution in [0, 0.1) is 0 Å². The van der Waals surface area contributed by atoms with Gasteiger partial charge in [0.25, 0.3) is 0 Å². The summed E-state index contributed by atoms with van der Waals surface area (Å²) in [5.74, 6) is 1.60. The van der Waals surface area contributed by atoms with E-state index in [4.69, 9.17) is 21.1 Å². The Morgan fingerprint density at radius 3 is 2.42 bits per heavy atom. The van der Waals surface area contributed by atoms with Crippen molar-refractivity contribution in [3.8, 4) is 11.5 Å². The predicted octanol–water partition coefficient (Wildman–Crippen LogP) is 5.21. The molecule has 1 saturated heterocycles. The van der Waals surface area contributed by atoms with Crippen molar-refractivity contribution in [1.82, 2.24) is 14.0 Å². The molecule has 3 aromatic rings. The number of methoxy groups -OCH3 is 2. The average molecular weight is 470 g/mol. The van der Waals surface area contributed by atoms with Gasteiger partial charge >= 0.3 is 5.69 Å². The van der Waals surface area contributed by atoms with E-state index < -0.39 is 0 Å². The van der Waals surface area contributed by atoms with E-state index in [0.29, 0.717) is 17.6 Å². The van der Waals surface area contributed by atoms with Crippen LogP contribution in [0.2, 0.25) is 5.02 Å². The summed E-state index contributed by atoms with van der Waals surface area (Å²) in [7, 11) is 3.38. The highest BCUT2D eigenvalue weighted by atomic mass is 35.5. The lowest BCUT2D eigenvalue weighted by molar-refractivity contribution is 0.134. The molecule has 0 N–H and O–H groups in total. The zero-order chi connectivity index (χ0) is 23.1. The van der Waals surface area contributed by atoms with Crippen LogP contribution in [-0.4, -0.2) is 41.3 Å². The van der Waals surface area contributed by atoms with E-state index in [2.05, 4.69) is 24.0 Å². The highest BCUT2D eigenvalue weighted by Gasteiger charge is 2.33. The number of nitrogens with zero attached hydrogens (tertiary/aromatic N) is 3. The Kier molecular flexibility index (Phi) is 6.14. The van der Waals surface area contributed by atoms with Gasteiger partial charge in [-0.3, -0.25) is 14.0 Å². The van der Waals surface area contributed by atoms with Gasteiger partial charge in [-0.2, -0.15) is 0 Å². The molecule has 1 aliphatic carbocycles. The molecule has 2 aromatic carbocycles. The van der Waals surface area contributed by atoms with Crippen molar-refractivity contribution < 1.29 is 9.47 Å². The Bertz CT molecular complexity index is 1220. The van der Waals surface area contributed by atoms with Gasteiger partial charge in [0, 0.05) is 36.7 Å². The summed E-state index contributed by atoms with van der Waals surface area (Å²) in [5.41, 5.74) is 4.76. The molecule has 1 aromatic heterocycles. The van der Waals surface area contributed by atoms with E-state index in [1.54, 1.807) is 14.2 Å². The van der Waals surface area contributed by atoms with E-state index in [1.807, 2.05) is 27.3 Å². The smallest absolute Gasteiger partial charge is 0.329 e. The number of rotatable bonds is 6. The molecule has 33 heavy (non-hydrogen) atoms. The average Bonchev–Trinajstić information content (AvgIpc) is 3.36. The van der Waals surface area contributed by atoms with Gasteiger partial charge in [0.05, 0.1) is 25.3 Å². The second kappa shape index (κ2) is 9.07. The van der Waals surface area contributed by atoms with Crippen LogP contribution in [0.4, 0.5) is 0 Å². The molecule has 1 unspecified atom stereocenters. The van der Waals surface area contributed by atoms with Crippen molar-refractivity contribution in [2.75, 3.05) is 27.3 Å². The molecule has 176 valence electrons. The number of hydrogen-bond donors (Lipinski definition) is 0. The standard InChI is InChI=1S/C26H32ClN3O3/c1-4-11-29-23-15-18(27)6-8-22(23)30(26(29)31)19-9-12-28(13-10-19)21-7-5-17-14-24(32-2)25(33-3)16-20(17)21/h6,8,14-16,19,21H,4-5,7,9-13H2,1-3H3. The molecule has 0 saturated carbocycles. The summed E-state index contributed by atoms with van der Waals surface area (Å²) in [4.78, 5) is 15.9. The van der Waals surface area contributed by atoms with Crippen molar-refractivity contribution in [3.63, 3.8) is 0 Å². The molecule has 1 aliphatic heterocycles. The second-order valence-corrected chi connectivity index (χ2v) is 9.60. The van der Waals surface area contributed by atoms with Crippen molar-refractivity contribution in [3.05, 3.63) is 57.0 Å². The van der Waals surface area contributed by atoms with Crippen molar-refractivity contribution in [1.29, 1.82) is 0 Å². The van der Waals surface area contributed by atoms with Crippen LogP contribution < -0.4 is 15.2 Å². The summed E-state index contributed by atoms with van der Waals surface area (Å²) in [6.07, 6.45) is 5.02. The van der Waals surface area contributed by atoms with Crippen molar-refractivity contribution >= 4 is 22.6 Å². The molecule has 1 atom stereocenters. The van der Waals surface area contributed by atoms with Crippen LogP contribution in [0.25, 0.3) is 11.0 Å². The SMILES string of the molecule is CCCn1c(=O)n(C2CCN(C3CCc4cc(OC)c(OC)cc43)CC2)c2ccc(Cl)cc21. The molecule has 2 heterocycles. The lowest BCUT2D eigenvalue weighted by Crippen LogP contribution is -2.39. The predicted molar refractivity (Wildman–Crippen MR) is 132 cm³/mol. The first kappa shape index (κ1) is 22.4. The van der Waals surface area contributed by atoms with Crippen LogP contribution >= 0.6 is 11.6 Å². The van der Waals surface area contributed by atoms with Crippen LogP contribution in [0.1, 0.15) is 55.8 Å². The van der Waals surface area contributed by atoms with E-state index in [0.717, 1.165) is 67.7 Å². The quantitative estimate of drug-likeness (QED) is 0.497. The summed E-state index contributed by atoms with van der Waals surface area (Å²) >= 11 is 6.26. The third-order valence-corrected chi connectivity index (χ3v) is 7.60. The maximum Gasteiger partial charge on any atom is 0.329 e. The zero-order valence-electron chi connectivity index (χ0n) is 19.6. The van der Waals surface area contributed by atoms with Crippen LogP contribution in [-0.2, 0) is 13.0 Å². The minimum absolute atomic E-state index is 0.0932. The van der Waals surface area contributed by atoms with Crippen molar-refractivity contribution in [2.45, 2.75) is 57.7 Å². The fraction of sp³-hybridized carbons (Fsp3) is 0.500. The normalized spacial score (nSPS) is 19.2. The Labute approximate surface area is 199 Å². The van der Waals surface area contributed by atoms with E-state index in [9.17, 15) is 4.79 Å². The van der Waals surface area contributed by atoms with Crippen molar-refractivity contribution in [2.24, 2.45) is 0 Å². The number of imidazole rings is 1. The molecular formula is C26H32ClN3O3. The largest absolute Gasteiger partial charge is 0.493 e. The molecule has 5 rings (SSSR count). The molecule has 0 spiro atoms. The van der Waals surface area contributed by atoms with Gasteiger partial charge < -0.3 is 9.47 Å². The number of hydrogen-bond acceptors (Lipinski definition) is 4. The van der Waals surface area contributed by atoms with E-state index in [1.165, 1.54) is 11.1 Å². The van der Waals surface area contributed by atoms with Crippen LogP contribution in [0.3, 0.4) is 0 Å². The molecule has 7 heteroatoms. The first-order valence-electron chi connectivity index (χ1n) is 11.9. The van der Waals surface area contributed by atoms with Gasteiger partial charge in [-0.25, -0.2) is 4.79 Å². The van der Waals surface area contributed by atoms with Gasteiger partial charge in [-0.1, -0.05) is 18.5 Å². The number of piperidine rings is 1. The maximum atomic E-state index is 13.4. The number of benzene rings is 2. The summed E-state index contributed by atoms with van der Waals surface area (Å²) in [6, 6.07) is 10.7. The Morgan fingerprint density at radius 2 is 1.73 bits per heavy atom. The third-order valence-electron chi connectivity index (χ3n) is 7.37. The number of aromatic nitrogens is 2. The summed E-state index contributed by atoms with van der Waals surface area (Å²) in [6.45, 7) is 4.77. The molecular weight excluding hydrogens is 438 g/mol. The van der Waals surface area contributed by atoms with Gasteiger partial charge in [0.1, 0.15) is 0 Å². The van der Waals surface area contributed by atoms with Gasteiger partial charge in [-0.15, -0.1) is 0 Å². The first-order chi connectivity index (χ1) is 16.0. The lowest BCUT2D eigenvalue weighted by atomic mass is 9.99. The Hall–Kier alpha value is -2.44. The van der Waals surface area contributed by atoms with E-state index in [-0.39, 0.29) is 11.7 Å². The summed E-state index contributed by atoms with van der Waals surface area (Å²) in [5, 5.41) is 0.672. The van der Waals surface area contributed by atoms with Crippen LogP contribution in [0.15, 0.2) is 35.1 Å². The molecule has 6 nitrogen and oxygen atoms in total. The highest BCUT2D eigenvalue weighted by Crippen LogP contribution is 2.43. The number of halogens is 1. The van der Waals surface area contributed by atoms with E-state index >= 15 is 0 Å². The monoisotopic (exact) mass is 469 g/mol. The first-order valence-corrected chi connectivity index (χ1v) is 12.3. The fourth-order valence-corrected chi connectivity index (χ4v) is 5.96. The summed E-state index contributed by atoms with van der Waals surface area (Å²) < 4.78 is 15.0. The molecule has 1 fully saturated rings. The number of ether oxygens (including phenoxy) is 2. The maximum absolute atomic E-state index is 13.4. The fourth-order valence-electron chi connectivity index (χ4n) is 5.79. The molecule has 0 radical (unpaired) electrons. The second-order valence-electron chi connectivity index (χ2n) is 9.16. The number of aryl methyl sites for hydroxylation is 2. The Morgan fingerprint density at radius 1 is 1.00 bits per heavy atom. The highest BCUT2D eigenvalue weighted by molar-refractivity contribution is 6.31. The molecule has 0 bridgehead atoms. The van der Waals surface area contributed by atoms with Crippen LogP contribution in [0.5, 0.6) is 11.5 Å². The van der Waals surface area contributed by atoms with Gasteiger partial charge in [0.15, 0.2) is 11.5 Å². The minimum atomic E-state index is 0.0932. The molecule has 2 aliphatic rings. The van der Waals surface area contributed by atoms with Gasteiger partial charge in [0.2, 0.25) is 0 Å². The third kappa shape index (κ3) is 3.83. The number of fused-ring (bicyclic) bond motifs is 2. The molecule has 0 amide bonds. The lowest BCUT2D eigenvalue weighted by Gasteiger charge is -2.37. The topological polar surface area (TPSA) is 48.6 Å². The minimum Gasteiger partial charge on any atom is -0.493 e.